The number of hydrogen-bond acceptors (Lipinski definition) is 4. The number of carbonyl (C=O) groups excluding carboxylic acids is 1. The van der Waals surface area contributed by atoms with Gasteiger partial charge >= 0.3 is 0 Å². The Kier molecular flexibility index (Phi) is 5.48. The lowest BCUT2D eigenvalue weighted by atomic mass is 10.0. The van der Waals surface area contributed by atoms with Crippen molar-refractivity contribution in [3.05, 3.63) is 72.1 Å². The second kappa shape index (κ2) is 8.35. The summed E-state index contributed by atoms with van der Waals surface area (Å²) in [4.78, 5) is 21.8. The molecule has 1 fully saturated rings. The highest BCUT2D eigenvalue weighted by Gasteiger charge is 2.29. The number of nitrogens with zero attached hydrogens (tertiary/aromatic N) is 4. The molecule has 0 aliphatic carbocycles. The zero-order valence-corrected chi connectivity index (χ0v) is 16.1. The van der Waals surface area contributed by atoms with Gasteiger partial charge in [0, 0.05) is 43.3 Å². The number of piperazine rings is 1. The fraction of sp³-hybridized carbons (Fsp3) is 0.318. The minimum atomic E-state index is 0.0826. The largest absolute Gasteiger partial charge is 0.336 e. The monoisotopic (exact) mass is 375 g/mol. The van der Waals surface area contributed by atoms with E-state index in [0.717, 1.165) is 38.2 Å². The summed E-state index contributed by atoms with van der Waals surface area (Å²) in [6.45, 7) is 5.52. The van der Waals surface area contributed by atoms with Crippen LogP contribution in [0.1, 0.15) is 29.3 Å². The molecule has 1 saturated heterocycles. The first-order chi connectivity index (χ1) is 13.7. The molecule has 1 N–H and O–H groups in total. The van der Waals surface area contributed by atoms with E-state index in [1.807, 2.05) is 35.2 Å². The highest BCUT2D eigenvalue weighted by Crippen LogP contribution is 2.20. The van der Waals surface area contributed by atoms with E-state index in [2.05, 4.69) is 51.3 Å². The van der Waals surface area contributed by atoms with Crippen LogP contribution in [-0.2, 0) is 6.54 Å². The molecule has 0 spiro atoms. The van der Waals surface area contributed by atoms with Crippen LogP contribution in [0.25, 0.3) is 11.4 Å². The summed E-state index contributed by atoms with van der Waals surface area (Å²) in [5.74, 6) is 0.757. The maximum absolute atomic E-state index is 13.1. The Labute approximate surface area is 165 Å². The molecule has 1 unspecified atom stereocenters. The summed E-state index contributed by atoms with van der Waals surface area (Å²) in [5.41, 5.74) is 2.89. The van der Waals surface area contributed by atoms with E-state index < -0.39 is 0 Å². The second-order valence-electron chi connectivity index (χ2n) is 7.18. The molecule has 0 radical (unpaired) electrons. The summed E-state index contributed by atoms with van der Waals surface area (Å²) in [7, 11) is 0. The molecule has 1 aliphatic heterocycles. The van der Waals surface area contributed by atoms with Crippen molar-refractivity contribution in [2.24, 2.45) is 0 Å². The van der Waals surface area contributed by atoms with Gasteiger partial charge in [-0.3, -0.25) is 14.8 Å². The highest BCUT2D eigenvalue weighted by atomic mass is 16.2. The molecule has 1 amide bonds. The van der Waals surface area contributed by atoms with Gasteiger partial charge in [-0.05, 0) is 24.1 Å². The van der Waals surface area contributed by atoms with Gasteiger partial charge in [-0.25, -0.2) is 4.98 Å². The van der Waals surface area contributed by atoms with Crippen LogP contribution < -0.4 is 0 Å². The van der Waals surface area contributed by atoms with Gasteiger partial charge in [0.15, 0.2) is 5.82 Å². The molecule has 0 saturated carbocycles. The lowest BCUT2D eigenvalue weighted by Crippen LogP contribution is -2.54. The van der Waals surface area contributed by atoms with Crippen molar-refractivity contribution in [3.8, 4) is 11.4 Å². The summed E-state index contributed by atoms with van der Waals surface area (Å²) in [5, 5.41) is 6.74. The number of carbonyl (C=O) groups is 1. The predicted molar refractivity (Wildman–Crippen MR) is 109 cm³/mol. The minimum absolute atomic E-state index is 0.0826. The summed E-state index contributed by atoms with van der Waals surface area (Å²) >= 11 is 0. The van der Waals surface area contributed by atoms with Crippen molar-refractivity contribution in [1.29, 1.82) is 0 Å². The van der Waals surface area contributed by atoms with E-state index in [-0.39, 0.29) is 5.91 Å². The second-order valence-corrected chi connectivity index (χ2v) is 7.18. The Balaban J connectivity index is 1.45. The quantitative estimate of drug-likeness (QED) is 0.744. The van der Waals surface area contributed by atoms with E-state index in [1.54, 1.807) is 0 Å². The van der Waals surface area contributed by atoms with Crippen molar-refractivity contribution in [1.82, 2.24) is 25.0 Å². The Morgan fingerprint density at radius 1 is 1.14 bits per heavy atom. The SMILES string of the molecule is CCC1CN(C(=O)c2cccc(-c3ncn[nH]3)c2)CCN1Cc1ccccc1. The average molecular weight is 375 g/mol. The van der Waals surface area contributed by atoms with Gasteiger partial charge in [0.1, 0.15) is 6.33 Å². The number of aromatic amines is 1. The maximum Gasteiger partial charge on any atom is 0.253 e. The third-order valence-electron chi connectivity index (χ3n) is 5.39. The maximum atomic E-state index is 13.1. The molecule has 2 heterocycles. The Bertz CT molecular complexity index is 910. The Morgan fingerprint density at radius 3 is 2.75 bits per heavy atom. The minimum Gasteiger partial charge on any atom is -0.336 e. The van der Waals surface area contributed by atoms with Gasteiger partial charge < -0.3 is 4.90 Å². The molecule has 1 aliphatic rings. The van der Waals surface area contributed by atoms with Crippen LogP contribution in [0.3, 0.4) is 0 Å². The van der Waals surface area contributed by atoms with Crippen LogP contribution >= 0.6 is 0 Å². The highest BCUT2D eigenvalue weighted by molar-refractivity contribution is 5.95. The first-order valence-electron chi connectivity index (χ1n) is 9.77. The molecule has 6 nitrogen and oxygen atoms in total. The molecular weight excluding hydrogens is 350 g/mol. The smallest absolute Gasteiger partial charge is 0.253 e. The predicted octanol–water partition coefficient (Wildman–Crippen LogP) is 3.21. The van der Waals surface area contributed by atoms with Crippen LogP contribution in [0, 0.1) is 0 Å². The standard InChI is InChI=1S/C22H25N5O/c1-2-20-15-27(12-11-26(20)14-17-7-4-3-5-8-17)22(28)19-10-6-9-18(13-19)21-23-16-24-25-21/h3-10,13,16,20H,2,11-12,14-15H2,1H3,(H,23,24,25). The zero-order valence-electron chi connectivity index (χ0n) is 16.1. The number of hydrogen-bond donors (Lipinski definition) is 1. The number of aromatic nitrogens is 3. The molecule has 1 atom stereocenters. The average Bonchev–Trinajstić information content (AvgIpc) is 3.29. The zero-order chi connectivity index (χ0) is 19.3. The molecule has 6 heteroatoms. The van der Waals surface area contributed by atoms with Gasteiger partial charge in [0.25, 0.3) is 5.91 Å². The van der Waals surface area contributed by atoms with Gasteiger partial charge in [-0.2, -0.15) is 5.10 Å². The fourth-order valence-corrected chi connectivity index (χ4v) is 3.82. The van der Waals surface area contributed by atoms with Gasteiger partial charge in [-0.1, -0.05) is 49.4 Å². The van der Waals surface area contributed by atoms with E-state index in [1.165, 1.54) is 11.9 Å². The molecule has 4 rings (SSSR count). The molecule has 144 valence electrons. The molecule has 2 aromatic carbocycles. The Hall–Kier alpha value is -2.99. The molecule has 3 aromatic rings. The van der Waals surface area contributed by atoms with Crippen molar-refractivity contribution < 1.29 is 4.79 Å². The lowest BCUT2D eigenvalue weighted by Gasteiger charge is -2.41. The molecule has 1 aromatic heterocycles. The van der Waals surface area contributed by atoms with Crippen molar-refractivity contribution in [3.63, 3.8) is 0 Å². The molecule has 0 bridgehead atoms. The fourth-order valence-electron chi connectivity index (χ4n) is 3.82. The normalized spacial score (nSPS) is 17.6. The lowest BCUT2D eigenvalue weighted by molar-refractivity contribution is 0.0451. The summed E-state index contributed by atoms with van der Waals surface area (Å²) in [6, 6.07) is 18.5. The molecule has 28 heavy (non-hydrogen) atoms. The van der Waals surface area contributed by atoms with Crippen LogP contribution in [0.4, 0.5) is 0 Å². The summed E-state index contributed by atoms with van der Waals surface area (Å²) < 4.78 is 0. The number of nitrogens with one attached hydrogen (secondary N) is 1. The van der Waals surface area contributed by atoms with Crippen molar-refractivity contribution in [2.75, 3.05) is 19.6 Å². The van der Waals surface area contributed by atoms with Crippen LogP contribution in [0.15, 0.2) is 60.9 Å². The topological polar surface area (TPSA) is 65.1 Å². The number of amides is 1. The van der Waals surface area contributed by atoms with Crippen molar-refractivity contribution >= 4 is 5.91 Å². The van der Waals surface area contributed by atoms with Crippen LogP contribution in [0.2, 0.25) is 0 Å². The molecular formula is C22H25N5O. The van der Waals surface area contributed by atoms with Crippen LogP contribution in [0.5, 0.6) is 0 Å². The van der Waals surface area contributed by atoms with E-state index in [4.69, 9.17) is 0 Å². The Morgan fingerprint density at radius 2 is 2.00 bits per heavy atom. The first-order valence-corrected chi connectivity index (χ1v) is 9.77. The van der Waals surface area contributed by atoms with Gasteiger partial charge in [0.2, 0.25) is 0 Å². The van der Waals surface area contributed by atoms with Crippen molar-refractivity contribution in [2.45, 2.75) is 25.9 Å². The third kappa shape index (κ3) is 3.97. The number of rotatable bonds is 5. The number of benzene rings is 2. The summed E-state index contributed by atoms with van der Waals surface area (Å²) in [6.07, 6.45) is 2.50. The van der Waals surface area contributed by atoms with E-state index in [9.17, 15) is 4.79 Å². The van der Waals surface area contributed by atoms with Gasteiger partial charge in [0.05, 0.1) is 0 Å². The third-order valence-corrected chi connectivity index (χ3v) is 5.39. The number of H-pyrrole nitrogens is 1. The van der Waals surface area contributed by atoms with E-state index >= 15 is 0 Å². The van der Waals surface area contributed by atoms with E-state index in [0.29, 0.717) is 17.4 Å². The first kappa shape index (κ1) is 18.4. The van der Waals surface area contributed by atoms with Crippen LogP contribution in [-0.4, -0.2) is 56.6 Å². The van der Waals surface area contributed by atoms with Gasteiger partial charge in [-0.15, -0.1) is 0 Å².